The third-order valence-electron chi connectivity index (χ3n) is 22.6. The van der Waals surface area contributed by atoms with Gasteiger partial charge in [0.25, 0.3) is 0 Å². The number of furan rings is 2. The van der Waals surface area contributed by atoms with Crippen LogP contribution < -0.4 is 9.80 Å². The fourth-order valence-electron chi connectivity index (χ4n) is 18.0. The number of hydrogen-bond acceptors (Lipinski definition) is 4. The fraction of sp³-hybridized carbons (Fsp3) is 0.0851. The highest BCUT2D eigenvalue weighted by molar-refractivity contribution is 6.29. The molecule has 19 aromatic rings. The number of benzene rings is 17. The molecule has 0 spiro atoms. The monoisotopic (exact) mass is 1250 g/mol. The Hall–Kier alpha value is -12.0. The van der Waals surface area contributed by atoms with Crippen LogP contribution in [0.3, 0.4) is 0 Å². The number of nitrogens with zero attached hydrogens (tertiary/aromatic N) is 2. The summed E-state index contributed by atoms with van der Waals surface area (Å²) < 4.78 is 14.4. The maximum Gasteiger partial charge on any atom is 0.159 e. The second-order valence-electron chi connectivity index (χ2n) is 28.7. The van der Waals surface area contributed by atoms with E-state index in [1.807, 2.05) is 0 Å². The molecule has 0 fully saturated rings. The van der Waals surface area contributed by atoms with Crippen LogP contribution in [0.2, 0.25) is 0 Å². The molecule has 2 aromatic heterocycles. The molecule has 0 radical (unpaired) electrons. The first-order valence-electron chi connectivity index (χ1n) is 34.4. The van der Waals surface area contributed by atoms with E-state index < -0.39 is 0 Å². The molecule has 0 atom stereocenters. The Morgan fingerprint density at radius 3 is 0.929 bits per heavy atom. The number of hydrogen-bond donors (Lipinski definition) is 0. The number of fused-ring (bicyclic) bond motifs is 26. The summed E-state index contributed by atoms with van der Waals surface area (Å²) in [4.78, 5) is 5.08. The van der Waals surface area contributed by atoms with Gasteiger partial charge in [0.2, 0.25) is 0 Å². The van der Waals surface area contributed by atoms with E-state index >= 15 is 0 Å². The summed E-state index contributed by atoms with van der Waals surface area (Å²) in [5.41, 5.74) is 21.5. The third-order valence-corrected chi connectivity index (χ3v) is 22.6. The van der Waals surface area contributed by atoms with E-state index in [4.69, 9.17) is 8.83 Å². The molecule has 4 nitrogen and oxygen atoms in total. The van der Waals surface area contributed by atoms with Gasteiger partial charge in [0.05, 0.1) is 22.7 Å². The maximum absolute atomic E-state index is 7.19. The number of aryl methyl sites for hydroxylation is 2. The van der Waals surface area contributed by atoms with Gasteiger partial charge in [-0.2, -0.15) is 0 Å². The molecular formula is C94H64N2O2. The number of anilines is 6. The van der Waals surface area contributed by atoms with Crippen LogP contribution in [-0.4, -0.2) is 0 Å². The van der Waals surface area contributed by atoms with Gasteiger partial charge in [0.15, 0.2) is 11.2 Å². The van der Waals surface area contributed by atoms with Crippen molar-refractivity contribution in [3.63, 3.8) is 0 Å². The molecule has 0 amide bonds. The zero-order valence-electron chi connectivity index (χ0n) is 55.3. The molecule has 0 bridgehead atoms. The van der Waals surface area contributed by atoms with Gasteiger partial charge in [-0.15, -0.1) is 0 Å². The average molecular weight is 1250 g/mol. The molecule has 21 rings (SSSR count). The Morgan fingerprint density at radius 1 is 0.235 bits per heavy atom. The molecular weight excluding hydrogens is 1190 g/mol. The van der Waals surface area contributed by atoms with Gasteiger partial charge in [-0.05, 0) is 208 Å². The van der Waals surface area contributed by atoms with E-state index in [0.29, 0.717) is 0 Å². The summed E-state index contributed by atoms with van der Waals surface area (Å²) in [6, 6.07) is 105. The molecule has 2 aliphatic rings. The van der Waals surface area contributed by atoms with E-state index in [0.717, 1.165) is 111 Å². The van der Waals surface area contributed by atoms with Crippen LogP contribution in [0.25, 0.3) is 152 Å². The molecule has 462 valence electrons. The molecule has 4 heteroatoms. The van der Waals surface area contributed by atoms with Crippen molar-refractivity contribution in [1.29, 1.82) is 0 Å². The minimum Gasteiger partial charge on any atom is -0.454 e. The second kappa shape index (κ2) is 19.8. The predicted octanol–water partition coefficient (Wildman–Crippen LogP) is 26.9. The summed E-state index contributed by atoms with van der Waals surface area (Å²) in [7, 11) is 0. The summed E-state index contributed by atoms with van der Waals surface area (Å²) in [5.74, 6) is 0. The van der Waals surface area contributed by atoms with Gasteiger partial charge < -0.3 is 18.6 Å². The molecule has 0 aliphatic heterocycles. The first kappa shape index (κ1) is 55.3. The fourth-order valence-corrected chi connectivity index (χ4v) is 18.0. The summed E-state index contributed by atoms with van der Waals surface area (Å²) >= 11 is 0. The van der Waals surface area contributed by atoms with Gasteiger partial charge in [0.1, 0.15) is 11.2 Å². The highest BCUT2D eigenvalue weighted by Gasteiger charge is 2.40. The van der Waals surface area contributed by atoms with E-state index in [9.17, 15) is 0 Å². The largest absolute Gasteiger partial charge is 0.454 e. The van der Waals surface area contributed by atoms with Crippen molar-refractivity contribution < 1.29 is 8.83 Å². The zero-order chi connectivity index (χ0) is 65.2. The Labute approximate surface area is 566 Å². The van der Waals surface area contributed by atoms with Gasteiger partial charge >= 0.3 is 0 Å². The van der Waals surface area contributed by atoms with Gasteiger partial charge in [-0.25, -0.2) is 0 Å². The van der Waals surface area contributed by atoms with Crippen LogP contribution in [0.1, 0.15) is 61.1 Å². The Morgan fingerprint density at radius 2 is 0.551 bits per heavy atom. The van der Waals surface area contributed by atoms with Crippen molar-refractivity contribution >= 4 is 164 Å². The smallest absolute Gasteiger partial charge is 0.159 e. The predicted molar refractivity (Wildman–Crippen MR) is 415 cm³/mol. The quantitative estimate of drug-likeness (QED) is 0.0944. The normalized spacial score (nSPS) is 13.8. The number of para-hydroxylation sites is 4. The van der Waals surface area contributed by atoms with Gasteiger partial charge in [-0.3, -0.25) is 0 Å². The highest BCUT2D eigenvalue weighted by Crippen LogP contribution is 2.59. The van der Waals surface area contributed by atoms with Crippen LogP contribution >= 0.6 is 0 Å². The van der Waals surface area contributed by atoms with Crippen molar-refractivity contribution in [1.82, 2.24) is 0 Å². The van der Waals surface area contributed by atoms with E-state index in [1.54, 1.807) is 0 Å². The first-order valence-corrected chi connectivity index (χ1v) is 34.4. The van der Waals surface area contributed by atoms with Crippen LogP contribution in [-0.2, 0) is 10.8 Å². The molecule has 0 unspecified atom stereocenters. The lowest BCUT2D eigenvalue weighted by Crippen LogP contribution is -2.18. The second-order valence-corrected chi connectivity index (χ2v) is 28.7. The Bertz CT molecular complexity index is 6380. The molecule has 0 saturated carbocycles. The van der Waals surface area contributed by atoms with Crippen molar-refractivity contribution in [2.24, 2.45) is 0 Å². The standard InChI is InChI=1S/C94H64N2O2/c1-53-37-41-69-79(45-53)89(95(85-33-19-31-71-67-29-15-17-35-87(67)97-91(71)85)55-39-43-65-77-49-73-61-25-11-7-21-57(61)59-23-9-13-27-63(59)75(73)51-83(77)93(3,4)81(65)47-55)70-42-38-54(2)46-80(70)90(69)96(86-34-20-32-72-68-30-16-18-36-88(68)98-92(72)86)56-40-44-66-78-50-74-62-26-12-8-22-58(62)60-24-10-14-28-64(60)76(74)52-84(78)94(5,6)82(66)48-56/h7-52H,1-6H3. The summed E-state index contributed by atoms with van der Waals surface area (Å²) in [5, 5.41) is 24.1. The molecule has 0 N–H and O–H groups in total. The average Bonchev–Trinajstić information content (AvgIpc) is 1.39. The molecule has 2 aliphatic carbocycles. The first-order chi connectivity index (χ1) is 47.9. The van der Waals surface area contributed by atoms with Gasteiger partial charge in [-0.1, -0.05) is 233 Å². The van der Waals surface area contributed by atoms with E-state index in [2.05, 4.69) is 330 Å². The van der Waals surface area contributed by atoms with Crippen molar-refractivity contribution in [2.75, 3.05) is 9.80 Å². The minimum absolute atomic E-state index is 0.361. The lowest BCUT2D eigenvalue weighted by molar-refractivity contribution is 0.661. The highest BCUT2D eigenvalue weighted by atomic mass is 16.3. The molecule has 17 aromatic carbocycles. The minimum atomic E-state index is -0.361. The lowest BCUT2D eigenvalue weighted by atomic mass is 9.81. The Kier molecular flexibility index (Phi) is 11.2. The van der Waals surface area contributed by atoms with Crippen molar-refractivity contribution in [3.05, 3.63) is 312 Å². The third kappa shape index (κ3) is 7.49. The van der Waals surface area contributed by atoms with E-state index in [1.165, 1.54) is 109 Å². The lowest BCUT2D eigenvalue weighted by Gasteiger charge is -2.34. The van der Waals surface area contributed by atoms with Gasteiger partial charge in [0, 0.05) is 65.3 Å². The maximum atomic E-state index is 7.19. The molecule has 98 heavy (non-hydrogen) atoms. The van der Waals surface area contributed by atoms with Crippen LogP contribution in [0, 0.1) is 13.8 Å². The topological polar surface area (TPSA) is 32.8 Å². The zero-order valence-corrected chi connectivity index (χ0v) is 55.3. The Balaban J connectivity index is 0.836. The molecule has 0 saturated heterocycles. The van der Waals surface area contributed by atoms with E-state index in [-0.39, 0.29) is 10.8 Å². The SMILES string of the molecule is Cc1ccc2c(N(c3ccc4c(c3)C(C)(C)c3cc5c6ccccc6c6ccccc6c5cc3-4)c3cccc4c3oc3ccccc34)c3cc(C)ccc3c(N(c3ccc4c(c3)C(C)(C)c3cc5c6ccccc6c6ccccc6c5cc3-4)c3cccc4c3oc3ccccc34)c2c1. The van der Waals surface area contributed by atoms with Crippen LogP contribution in [0.15, 0.2) is 288 Å². The molecule has 2 heterocycles. The number of rotatable bonds is 6. The van der Waals surface area contributed by atoms with Crippen molar-refractivity contribution in [2.45, 2.75) is 52.4 Å². The summed E-state index contributed by atoms with van der Waals surface area (Å²) in [6.07, 6.45) is 0. The summed E-state index contributed by atoms with van der Waals surface area (Å²) in [6.45, 7) is 14.2. The van der Waals surface area contributed by atoms with Crippen LogP contribution in [0.5, 0.6) is 0 Å². The van der Waals surface area contributed by atoms with Crippen LogP contribution in [0.4, 0.5) is 34.1 Å². The van der Waals surface area contributed by atoms with Crippen molar-refractivity contribution in [3.8, 4) is 22.3 Å².